The van der Waals surface area contributed by atoms with E-state index >= 15 is 0 Å². The Morgan fingerprint density at radius 2 is 1.88 bits per heavy atom. The van der Waals surface area contributed by atoms with Crippen molar-refractivity contribution < 1.29 is 19.2 Å². The van der Waals surface area contributed by atoms with Crippen LogP contribution in [0.5, 0.6) is 0 Å². The van der Waals surface area contributed by atoms with Crippen molar-refractivity contribution in [1.82, 2.24) is 15.5 Å². The van der Waals surface area contributed by atoms with Gasteiger partial charge in [-0.15, -0.1) is 0 Å². The van der Waals surface area contributed by atoms with Crippen molar-refractivity contribution in [1.29, 1.82) is 0 Å². The third-order valence-electron chi connectivity index (χ3n) is 4.64. The summed E-state index contributed by atoms with van der Waals surface area (Å²) in [6.07, 6.45) is 2.20. The molecule has 138 valence electrons. The largest absolute Gasteiger partial charge is 0.330 e. The van der Waals surface area contributed by atoms with Crippen LogP contribution in [0.2, 0.25) is 0 Å². The van der Waals surface area contributed by atoms with Gasteiger partial charge in [-0.25, -0.2) is 0 Å². The van der Waals surface area contributed by atoms with E-state index in [2.05, 4.69) is 10.6 Å². The van der Waals surface area contributed by atoms with Crippen LogP contribution in [0.4, 0.5) is 0 Å². The van der Waals surface area contributed by atoms with Gasteiger partial charge in [0.15, 0.2) is 0 Å². The summed E-state index contributed by atoms with van der Waals surface area (Å²) < 4.78 is 0. The fraction of sp³-hybridized carbons (Fsp3) is 0.444. The second-order valence-corrected chi connectivity index (χ2v) is 6.50. The molecule has 0 aromatic heterocycles. The number of nitrogens with zero attached hydrogens (tertiary/aromatic N) is 1. The molecular formula is C18H22N4O4. The molecule has 2 aliphatic rings. The summed E-state index contributed by atoms with van der Waals surface area (Å²) in [5.74, 6) is -1.95. The second-order valence-electron chi connectivity index (χ2n) is 6.50. The second kappa shape index (κ2) is 7.76. The van der Waals surface area contributed by atoms with Gasteiger partial charge in [-0.3, -0.25) is 29.4 Å². The topological polar surface area (TPSA) is 122 Å². The molecule has 4 amide bonds. The van der Waals surface area contributed by atoms with Crippen LogP contribution in [0, 0.1) is 0 Å². The number of carbonyl (C=O) groups is 4. The predicted molar refractivity (Wildman–Crippen MR) is 93.1 cm³/mol. The Morgan fingerprint density at radius 1 is 1.12 bits per heavy atom. The summed E-state index contributed by atoms with van der Waals surface area (Å²) in [6.45, 7) is 2.06. The Bertz CT molecular complexity index is 762. The molecule has 0 radical (unpaired) electrons. The fourth-order valence-electron chi connectivity index (χ4n) is 3.26. The van der Waals surface area contributed by atoms with Crippen molar-refractivity contribution in [3.8, 4) is 0 Å². The van der Waals surface area contributed by atoms with Crippen molar-refractivity contribution in [2.45, 2.75) is 38.3 Å². The first kappa shape index (κ1) is 18.2. The molecule has 26 heavy (non-hydrogen) atoms. The molecule has 0 spiro atoms. The molecule has 1 atom stereocenters. The lowest BCUT2D eigenvalue weighted by Gasteiger charge is -2.27. The normalized spacial score (nSPS) is 19.7. The van der Waals surface area contributed by atoms with Crippen LogP contribution < -0.4 is 16.4 Å². The zero-order chi connectivity index (χ0) is 18.7. The van der Waals surface area contributed by atoms with Crippen molar-refractivity contribution in [3.05, 3.63) is 34.9 Å². The van der Waals surface area contributed by atoms with Gasteiger partial charge >= 0.3 is 0 Å². The van der Waals surface area contributed by atoms with Gasteiger partial charge in [-0.05, 0) is 50.0 Å². The number of carbonyl (C=O) groups excluding carboxylic acids is 4. The van der Waals surface area contributed by atoms with Crippen LogP contribution in [-0.2, 0) is 16.1 Å². The summed E-state index contributed by atoms with van der Waals surface area (Å²) in [5, 5.41) is 5.46. The Hall–Kier alpha value is -2.58. The molecule has 0 aliphatic carbocycles. The van der Waals surface area contributed by atoms with E-state index in [0.717, 1.165) is 29.8 Å². The first-order valence-electron chi connectivity index (χ1n) is 8.78. The molecule has 1 saturated heterocycles. The van der Waals surface area contributed by atoms with E-state index in [1.165, 1.54) is 0 Å². The van der Waals surface area contributed by atoms with Crippen LogP contribution in [0.15, 0.2) is 18.2 Å². The van der Waals surface area contributed by atoms with E-state index in [1.807, 2.05) is 0 Å². The highest BCUT2D eigenvalue weighted by atomic mass is 16.2. The third kappa shape index (κ3) is 3.51. The standard InChI is InChI=1S/C18H22N4O4/c19-7-1-2-8-20-10-11-3-4-12-13(9-11)18(26)22(17(12)25)14-5-6-15(23)21-16(14)24/h3-4,9,14,20H,1-2,5-8,10,19H2,(H,21,23,24). The smallest absolute Gasteiger partial charge is 0.262 e. The van der Waals surface area contributed by atoms with Gasteiger partial charge in [-0.2, -0.15) is 0 Å². The lowest BCUT2D eigenvalue weighted by Crippen LogP contribution is -2.54. The average Bonchev–Trinajstić information content (AvgIpc) is 2.86. The van der Waals surface area contributed by atoms with Gasteiger partial charge in [0.05, 0.1) is 11.1 Å². The molecule has 2 heterocycles. The van der Waals surface area contributed by atoms with Crippen LogP contribution in [0.1, 0.15) is 52.0 Å². The van der Waals surface area contributed by atoms with Gasteiger partial charge in [0, 0.05) is 13.0 Å². The molecule has 4 N–H and O–H groups in total. The Labute approximate surface area is 151 Å². The van der Waals surface area contributed by atoms with E-state index in [0.29, 0.717) is 24.2 Å². The number of imide groups is 2. The molecule has 3 rings (SSSR count). The number of unbranched alkanes of at least 4 members (excludes halogenated alkanes) is 1. The highest BCUT2D eigenvalue weighted by Gasteiger charge is 2.44. The minimum atomic E-state index is -0.932. The van der Waals surface area contributed by atoms with Crippen molar-refractivity contribution in [2.75, 3.05) is 13.1 Å². The molecule has 2 aliphatic heterocycles. The highest BCUT2D eigenvalue weighted by Crippen LogP contribution is 2.28. The Kier molecular flexibility index (Phi) is 5.43. The zero-order valence-corrected chi connectivity index (χ0v) is 14.4. The lowest BCUT2D eigenvalue weighted by atomic mass is 10.0. The fourth-order valence-corrected chi connectivity index (χ4v) is 3.26. The number of hydrogen-bond acceptors (Lipinski definition) is 6. The zero-order valence-electron chi connectivity index (χ0n) is 14.4. The molecule has 0 bridgehead atoms. The first-order chi connectivity index (χ1) is 12.5. The minimum absolute atomic E-state index is 0.113. The maximum Gasteiger partial charge on any atom is 0.262 e. The van der Waals surface area contributed by atoms with Crippen molar-refractivity contribution in [3.63, 3.8) is 0 Å². The molecule has 8 nitrogen and oxygen atoms in total. The summed E-state index contributed by atoms with van der Waals surface area (Å²) in [7, 11) is 0. The van der Waals surface area contributed by atoms with Crippen LogP contribution in [0.25, 0.3) is 0 Å². The number of fused-ring (bicyclic) bond motifs is 1. The van der Waals surface area contributed by atoms with Crippen molar-refractivity contribution >= 4 is 23.6 Å². The van der Waals surface area contributed by atoms with E-state index in [4.69, 9.17) is 5.73 Å². The lowest BCUT2D eigenvalue weighted by molar-refractivity contribution is -0.136. The molecule has 8 heteroatoms. The SMILES string of the molecule is NCCCCNCc1ccc2c(c1)C(=O)N(C1CCC(=O)NC1=O)C2=O. The maximum atomic E-state index is 12.7. The number of amides is 4. The number of rotatable bonds is 7. The van der Waals surface area contributed by atoms with Crippen LogP contribution in [-0.4, -0.2) is 47.7 Å². The van der Waals surface area contributed by atoms with Crippen LogP contribution in [0.3, 0.4) is 0 Å². The molecule has 1 fully saturated rings. The Balaban J connectivity index is 1.71. The Morgan fingerprint density at radius 3 is 2.62 bits per heavy atom. The number of nitrogens with one attached hydrogen (secondary N) is 2. The molecule has 0 saturated carbocycles. The number of piperidine rings is 1. The number of nitrogens with two attached hydrogens (primary N) is 1. The summed E-state index contributed by atoms with van der Waals surface area (Å²) >= 11 is 0. The third-order valence-corrected chi connectivity index (χ3v) is 4.64. The molecule has 1 aromatic carbocycles. The van der Waals surface area contributed by atoms with E-state index < -0.39 is 23.8 Å². The molecule has 1 aromatic rings. The van der Waals surface area contributed by atoms with E-state index in [9.17, 15) is 19.2 Å². The average molecular weight is 358 g/mol. The van der Waals surface area contributed by atoms with Gasteiger partial charge in [0.2, 0.25) is 11.8 Å². The summed E-state index contributed by atoms with van der Waals surface area (Å²) in [5.41, 5.74) is 6.95. The monoisotopic (exact) mass is 358 g/mol. The predicted octanol–water partition coefficient (Wildman–Crippen LogP) is -0.0837. The van der Waals surface area contributed by atoms with Gasteiger partial charge in [0.25, 0.3) is 11.8 Å². The molecular weight excluding hydrogens is 336 g/mol. The van der Waals surface area contributed by atoms with E-state index in [1.54, 1.807) is 18.2 Å². The van der Waals surface area contributed by atoms with Gasteiger partial charge < -0.3 is 11.1 Å². The van der Waals surface area contributed by atoms with Crippen molar-refractivity contribution in [2.24, 2.45) is 5.73 Å². The minimum Gasteiger partial charge on any atom is -0.330 e. The summed E-state index contributed by atoms with van der Waals surface area (Å²) in [4.78, 5) is 49.6. The number of hydrogen-bond donors (Lipinski definition) is 3. The quantitative estimate of drug-likeness (QED) is 0.463. The van der Waals surface area contributed by atoms with Gasteiger partial charge in [-0.1, -0.05) is 6.07 Å². The number of benzene rings is 1. The maximum absolute atomic E-state index is 12.7. The van der Waals surface area contributed by atoms with Gasteiger partial charge in [0.1, 0.15) is 6.04 Å². The highest BCUT2D eigenvalue weighted by molar-refractivity contribution is 6.23. The summed E-state index contributed by atoms with van der Waals surface area (Å²) in [6, 6.07) is 4.18. The van der Waals surface area contributed by atoms with Crippen LogP contribution >= 0.6 is 0 Å². The molecule has 1 unspecified atom stereocenters. The first-order valence-corrected chi connectivity index (χ1v) is 8.78. The van der Waals surface area contributed by atoms with E-state index in [-0.39, 0.29) is 18.7 Å².